The van der Waals surface area contributed by atoms with Crippen LogP contribution in [0, 0.1) is 0 Å². The molecule has 0 bridgehead atoms. The summed E-state index contributed by atoms with van der Waals surface area (Å²) in [5.74, 6) is -1.52. The van der Waals surface area contributed by atoms with E-state index in [0.717, 1.165) is 0 Å². The molecule has 8 nitrogen and oxygen atoms in total. The van der Waals surface area contributed by atoms with Gasteiger partial charge in [-0.3, -0.25) is 4.18 Å². The summed E-state index contributed by atoms with van der Waals surface area (Å²) in [6, 6.07) is 0. The number of carboxylic acid groups (broad SMARTS) is 1. The number of aliphatic hydroxyl groups is 1. The number of carbonyl (C=O) groups is 1. The van der Waals surface area contributed by atoms with Crippen molar-refractivity contribution < 1.29 is 36.9 Å². The van der Waals surface area contributed by atoms with Crippen molar-refractivity contribution in [1.29, 1.82) is 0 Å². The minimum absolute atomic E-state index is 0.386. The van der Waals surface area contributed by atoms with Crippen LogP contribution in [0.1, 0.15) is 6.42 Å². The molecule has 0 aromatic heterocycles. The first-order valence-corrected chi connectivity index (χ1v) is 5.27. The van der Waals surface area contributed by atoms with Crippen LogP contribution in [-0.4, -0.2) is 49.0 Å². The molecule has 15 heavy (non-hydrogen) atoms. The smallest absolute Gasteiger partial charge is 0.218 e. The minimum atomic E-state index is -4.95. The molecule has 0 aromatic carbocycles. The van der Waals surface area contributed by atoms with Crippen LogP contribution in [0.4, 0.5) is 0 Å². The highest BCUT2D eigenvalue weighted by atomic mass is 32.3. The maximum absolute atomic E-state index is 10.3. The maximum atomic E-state index is 10.3. The Kier molecular flexibility index (Phi) is 3.62. The Morgan fingerprint density at radius 3 is 2.53 bits per heavy atom. The first-order chi connectivity index (χ1) is 6.79. The number of rotatable bonds is 3. The van der Waals surface area contributed by atoms with Crippen molar-refractivity contribution in [3.63, 3.8) is 0 Å². The second-order valence-corrected chi connectivity index (χ2v) is 4.00. The predicted molar refractivity (Wildman–Crippen MR) is 39.9 cm³/mol. The summed E-state index contributed by atoms with van der Waals surface area (Å²) in [6.45, 7) is -0.499. The highest BCUT2D eigenvalue weighted by Crippen LogP contribution is 2.17. The molecule has 1 saturated heterocycles. The van der Waals surface area contributed by atoms with E-state index >= 15 is 0 Å². The third kappa shape index (κ3) is 3.72. The van der Waals surface area contributed by atoms with Gasteiger partial charge in [0.25, 0.3) is 0 Å². The van der Waals surface area contributed by atoms with Crippen LogP contribution in [-0.2, 0) is 24.1 Å². The molecule has 0 saturated carbocycles. The van der Waals surface area contributed by atoms with Gasteiger partial charge in [-0.2, -0.15) is 0 Å². The molecule has 1 aliphatic heterocycles. The highest BCUT2D eigenvalue weighted by Gasteiger charge is 2.32. The van der Waals surface area contributed by atoms with Gasteiger partial charge in [0, 0.05) is 6.42 Å². The molecule has 3 atom stereocenters. The molecular weight excluding hydrogens is 232 g/mol. The number of aliphatic hydroxyl groups excluding tert-OH is 1. The Balaban J connectivity index is 2.57. The summed E-state index contributed by atoms with van der Waals surface area (Å²) in [5.41, 5.74) is 0. The van der Waals surface area contributed by atoms with Crippen LogP contribution in [0.25, 0.3) is 0 Å². The van der Waals surface area contributed by atoms with E-state index < -0.39 is 41.3 Å². The molecule has 88 valence electrons. The normalized spacial score (nSPS) is 32.5. The average Bonchev–Trinajstić information content (AvgIpc) is 2.05. The van der Waals surface area contributed by atoms with Crippen LogP contribution in [0.5, 0.6) is 0 Å². The van der Waals surface area contributed by atoms with E-state index in [0.29, 0.717) is 0 Å². The van der Waals surface area contributed by atoms with Crippen molar-refractivity contribution in [2.24, 2.45) is 0 Å². The summed E-state index contributed by atoms with van der Waals surface area (Å²) in [6.07, 6.45) is -4.48. The molecule has 9 heteroatoms. The quantitative estimate of drug-likeness (QED) is 0.400. The largest absolute Gasteiger partial charge is 0.726 e. The fourth-order valence-electron chi connectivity index (χ4n) is 1.17. The molecule has 0 aromatic rings. The van der Waals surface area contributed by atoms with Crippen LogP contribution in [0.15, 0.2) is 0 Å². The molecule has 1 rings (SSSR count). The van der Waals surface area contributed by atoms with Gasteiger partial charge in [-0.25, -0.2) is 8.42 Å². The zero-order valence-corrected chi connectivity index (χ0v) is 8.18. The Morgan fingerprint density at radius 1 is 1.53 bits per heavy atom. The average molecular weight is 240 g/mol. The van der Waals surface area contributed by atoms with Gasteiger partial charge in [0.15, 0.2) is 0 Å². The van der Waals surface area contributed by atoms with Crippen molar-refractivity contribution in [2.45, 2.75) is 24.7 Å². The standard InChI is InChI=1S/C6H10O8S/c7-3-1-4(6(8)9)13-2-5(3)14-15(10,11)12/h3-5,7H,1-2H2,(H,8,9)(H,10,11,12)/p-2/t3-,4?,5?/m0/s1. The van der Waals surface area contributed by atoms with Gasteiger partial charge in [-0.1, -0.05) is 0 Å². The van der Waals surface area contributed by atoms with Crippen molar-refractivity contribution >= 4 is 16.4 Å². The molecule has 0 spiro atoms. The van der Waals surface area contributed by atoms with Gasteiger partial charge >= 0.3 is 0 Å². The van der Waals surface area contributed by atoms with Gasteiger partial charge in [-0.05, 0) is 0 Å². The lowest BCUT2D eigenvalue weighted by Crippen LogP contribution is -2.50. The van der Waals surface area contributed by atoms with E-state index in [1.165, 1.54) is 0 Å². The van der Waals surface area contributed by atoms with Crippen molar-refractivity contribution in [3.8, 4) is 0 Å². The van der Waals surface area contributed by atoms with Gasteiger partial charge in [0.1, 0.15) is 6.10 Å². The number of carboxylic acids is 1. The third-order valence-corrected chi connectivity index (χ3v) is 2.33. The second-order valence-electron chi connectivity index (χ2n) is 2.99. The summed E-state index contributed by atoms with van der Waals surface area (Å²) < 4.78 is 39.1. The van der Waals surface area contributed by atoms with Gasteiger partial charge in [0.05, 0.1) is 24.8 Å². The van der Waals surface area contributed by atoms with Crippen molar-refractivity contribution in [2.75, 3.05) is 6.61 Å². The topological polar surface area (TPSA) is 136 Å². The fraction of sp³-hybridized carbons (Fsp3) is 0.833. The van der Waals surface area contributed by atoms with E-state index in [-0.39, 0.29) is 6.42 Å². The molecule has 1 N–H and O–H groups in total. The van der Waals surface area contributed by atoms with Crippen LogP contribution in [0.3, 0.4) is 0 Å². The number of hydrogen-bond acceptors (Lipinski definition) is 8. The second kappa shape index (κ2) is 4.41. The van der Waals surface area contributed by atoms with E-state index in [1.54, 1.807) is 0 Å². The maximum Gasteiger partial charge on any atom is 0.218 e. The molecule has 0 radical (unpaired) electrons. The zero-order chi connectivity index (χ0) is 11.6. The Labute approximate surface area is 85.4 Å². The lowest BCUT2D eigenvalue weighted by molar-refractivity contribution is -0.320. The van der Waals surface area contributed by atoms with E-state index in [2.05, 4.69) is 8.92 Å². The van der Waals surface area contributed by atoms with E-state index in [9.17, 15) is 28.0 Å². The van der Waals surface area contributed by atoms with Crippen LogP contribution >= 0.6 is 0 Å². The summed E-state index contributed by atoms with van der Waals surface area (Å²) >= 11 is 0. The predicted octanol–water partition coefficient (Wildman–Crippen LogP) is -3.27. The fourth-order valence-corrected chi connectivity index (χ4v) is 1.66. The molecule has 0 aliphatic carbocycles. The molecule has 1 heterocycles. The Hall–Kier alpha value is -0.740. The molecule has 0 amide bonds. The van der Waals surface area contributed by atoms with Crippen LogP contribution < -0.4 is 5.11 Å². The number of aliphatic carboxylic acids is 1. The number of hydrogen-bond donors (Lipinski definition) is 1. The van der Waals surface area contributed by atoms with E-state index in [4.69, 9.17) is 0 Å². The van der Waals surface area contributed by atoms with Crippen molar-refractivity contribution in [1.82, 2.24) is 0 Å². The molecule has 1 fully saturated rings. The number of carbonyl (C=O) groups excluding carboxylic acids is 1. The van der Waals surface area contributed by atoms with Gasteiger partial charge < -0.3 is 24.3 Å². The number of ether oxygens (including phenoxy) is 1. The Bertz CT molecular complexity index is 335. The summed E-state index contributed by atoms with van der Waals surface area (Å²) in [5, 5.41) is 19.6. The monoisotopic (exact) mass is 240 g/mol. The van der Waals surface area contributed by atoms with Crippen molar-refractivity contribution in [3.05, 3.63) is 0 Å². The lowest BCUT2D eigenvalue weighted by Gasteiger charge is -2.33. The molecule has 1 aliphatic rings. The van der Waals surface area contributed by atoms with Gasteiger partial charge in [-0.15, -0.1) is 0 Å². The Morgan fingerprint density at radius 2 is 2.13 bits per heavy atom. The van der Waals surface area contributed by atoms with Gasteiger partial charge in [0.2, 0.25) is 10.4 Å². The first kappa shape index (κ1) is 12.3. The first-order valence-electron chi connectivity index (χ1n) is 3.94. The summed E-state index contributed by atoms with van der Waals surface area (Å²) in [7, 11) is -4.95. The van der Waals surface area contributed by atoms with Crippen LogP contribution in [0.2, 0.25) is 0 Å². The highest BCUT2D eigenvalue weighted by molar-refractivity contribution is 7.80. The SMILES string of the molecule is O=C([O-])C1C[C@H](O)C(OS(=O)(=O)[O-])CO1. The van der Waals surface area contributed by atoms with E-state index in [1.807, 2.05) is 0 Å². The molecule has 2 unspecified atom stereocenters. The third-order valence-electron chi connectivity index (χ3n) is 1.85. The lowest BCUT2D eigenvalue weighted by atomic mass is 10.0. The minimum Gasteiger partial charge on any atom is -0.726 e. The molecular formula is C6H8O8S-2. The summed E-state index contributed by atoms with van der Waals surface area (Å²) in [4.78, 5) is 10.3. The zero-order valence-electron chi connectivity index (χ0n) is 7.36.